The van der Waals surface area contributed by atoms with E-state index in [1.54, 1.807) is 11.8 Å². The Bertz CT molecular complexity index is 1110. The van der Waals surface area contributed by atoms with Gasteiger partial charge in [-0.1, -0.05) is 60.7 Å². The van der Waals surface area contributed by atoms with Gasteiger partial charge in [0, 0.05) is 30.1 Å². The van der Waals surface area contributed by atoms with E-state index in [1.807, 2.05) is 48.5 Å². The van der Waals surface area contributed by atoms with E-state index in [0.29, 0.717) is 23.7 Å². The number of anilines is 2. The number of nitrogens with zero attached hydrogens (tertiary/aromatic N) is 3. The fraction of sp³-hybridized carbons (Fsp3) is 0.250. The van der Waals surface area contributed by atoms with E-state index in [2.05, 4.69) is 34.6 Å². The van der Waals surface area contributed by atoms with Crippen molar-refractivity contribution in [3.05, 3.63) is 76.3 Å². The fourth-order valence-electron chi connectivity index (χ4n) is 3.54. The SMILES string of the molecule is CCc1ccc(N2CC(c3nnc(NC(=O)/C(C)=C/c4ccccc4)s3)CC2=O)cc1. The molecule has 1 atom stereocenters. The highest BCUT2D eigenvalue weighted by molar-refractivity contribution is 7.15. The van der Waals surface area contributed by atoms with Crippen molar-refractivity contribution in [2.24, 2.45) is 0 Å². The van der Waals surface area contributed by atoms with Crippen molar-refractivity contribution in [2.45, 2.75) is 32.6 Å². The molecule has 2 amide bonds. The Balaban J connectivity index is 1.41. The lowest BCUT2D eigenvalue weighted by Crippen LogP contribution is -2.24. The molecule has 1 N–H and O–H groups in total. The molecule has 158 valence electrons. The van der Waals surface area contributed by atoms with E-state index in [-0.39, 0.29) is 17.7 Å². The Morgan fingerprint density at radius 3 is 2.61 bits per heavy atom. The fourth-order valence-corrected chi connectivity index (χ4v) is 4.37. The van der Waals surface area contributed by atoms with Crippen LogP contribution in [0, 0.1) is 0 Å². The van der Waals surface area contributed by atoms with Gasteiger partial charge in [-0.3, -0.25) is 14.9 Å². The molecule has 1 aliphatic heterocycles. The average molecular weight is 433 g/mol. The number of carbonyl (C=O) groups is 2. The lowest BCUT2D eigenvalue weighted by Gasteiger charge is -2.16. The molecule has 2 aromatic carbocycles. The van der Waals surface area contributed by atoms with Crippen molar-refractivity contribution in [3.8, 4) is 0 Å². The van der Waals surface area contributed by atoms with Crippen LogP contribution in [0.3, 0.4) is 0 Å². The van der Waals surface area contributed by atoms with Gasteiger partial charge in [-0.25, -0.2) is 0 Å². The van der Waals surface area contributed by atoms with Crippen molar-refractivity contribution < 1.29 is 9.59 Å². The zero-order valence-corrected chi connectivity index (χ0v) is 18.4. The quantitative estimate of drug-likeness (QED) is 0.575. The Labute approximate surface area is 185 Å². The Morgan fingerprint density at radius 2 is 1.90 bits per heavy atom. The maximum Gasteiger partial charge on any atom is 0.253 e. The van der Waals surface area contributed by atoms with Crippen LogP contribution >= 0.6 is 11.3 Å². The minimum atomic E-state index is -0.216. The zero-order valence-electron chi connectivity index (χ0n) is 17.5. The van der Waals surface area contributed by atoms with Crippen molar-refractivity contribution in [1.29, 1.82) is 0 Å². The number of amides is 2. The molecular formula is C24H24N4O2S. The third-order valence-electron chi connectivity index (χ3n) is 5.33. The molecule has 1 fully saturated rings. The first-order valence-corrected chi connectivity index (χ1v) is 11.1. The first-order chi connectivity index (χ1) is 15.0. The van der Waals surface area contributed by atoms with Crippen molar-refractivity contribution in [1.82, 2.24) is 10.2 Å². The Hall–Kier alpha value is -3.32. The summed E-state index contributed by atoms with van der Waals surface area (Å²) >= 11 is 1.33. The van der Waals surface area contributed by atoms with Gasteiger partial charge < -0.3 is 4.90 Å². The van der Waals surface area contributed by atoms with Crippen LogP contribution in [-0.2, 0) is 16.0 Å². The molecule has 0 bridgehead atoms. The van der Waals surface area contributed by atoms with Crippen molar-refractivity contribution in [2.75, 3.05) is 16.8 Å². The molecule has 0 radical (unpaired) electrons. The number of carbonyl (C=O) groups excluding carboxylic acids is 2. The number of hydrogen-bond acceptors (Lipinski definition) is 5. The van der Waals surface area contributed by atoms with Crippen LogP contribution in [-0.4, -0.2) is 28.6 Å². The summed E-state index contributed by atoms with van der Waals surface area (Å²) in [6, 6.07) is 17.8. The van der Waals surface area contributed by atoms with E-state index in [4.69, 9.17) is 0 Å². The topological polar surface area (TPSA) is 75.2 Å². The molecule has 6 nitrogen and oxygen atoms in total. The molecule has 0 spiro atoms. The van der Waals surface area contributed by atoms with Gasteiger partial charge in [-0.2, -0.15) is 0 Å². The highest BCUT2D eigenvalue weighted by Crippen LogP contribution is 2.34. The first-order valence-electron chi connectivity index (χ1n) is 10.3. The lowest BCUT2D eigenvalue weighted by molar-refractivity contribution is -0.117. The summed E-state index contributed by atoms with van der Waals surface area (Å²) in [5.74, 6) is -0.161. The van der Waals surface area contributed by atoms with Crippen LogP contribution in [0.4, 0.5) is 10.8 Å². The second kappa shape index (κ2) is 9.22. The number of hydrogen-bond donors (Lipinski definition) is 1. The third kappa shape index (κ3) is 4.88. The number of aromatic nitrogens is 2. The van der Waals surface area contributed by atoms with Gasteiger partial charge in [0.1, 0.15) is 5.01 Å². The summed E-state index contributed by atoms with van der Waals surface area (Å²) in [5.41, 5.74) is 3.70. The molecule has 7 heteroatoms. The summed E-state index contributed by atoms with van der Waals surface area (Å²) in [7, 11) is 0. The molecule has 0 aliphatic carbocycles. The van der Waals surface area contributed by atoms with E-state index < -0.39 is 0 Å². The minimum Gasteiger partial charge on any atom is -0.312 e. The standard InChI is InChI=1S/C24H24N4O2S/c1-3-17-9-11-20(12-10-17)28-15-19(14-21(28)29)23-26-27-24(31-23)25-22(30)16(2)13-18-7-5-4-6-8-18/h4-13,19H,3,14-15H2,1-2H3,(H,25,27,30)/b16-13+. The summed E-state index contributed by atoms with van der Waals surface area (Å²) in [5, 5.41) is 12.4. The van der Waals surface area contributed by atoms with Gasteiger partial charge in [0.05, 0.1) is 0 Å². The molecule has 3 aromatic rings. The highest BCUT2D eigenvalue weighted by atomic mass is 32.1. The maximum atomic E-state index is 12.6. The monoisotopic (exact) mass is 432 g/mol. The summed E-state index contributed by atoms with van der Waals surface area (Å²) in [6.07, 6.45) is 3.19. The van der Waals surface area contributed by atoms with Crippen LogP contribution in [0.25, 0.3) is 6.08 Å². The number of aryl methyl sites for hydroxylation is 1. The predicted molar refractivity (Wildman–Crippen MR) is 124 cm³/mol. The predicted octanol–water partition coefficient (Wildman–Crippen LogP) is 4.66. The molecule has 2 heterocycles. The van der Waals surface area contributed by atoms with E-state index in [0.717, 1.165) is 22.7 Å². The normalized spacial score (nSPS) is 16.6. The van der Waals surface area contributed by atoms with Crippen LogP contribution in [0.5, 0.6) is 0 Å². The number of benzene rings is 2. The van der Waals surface area contributed by atoms with E-state index >= 15 is 0 Å². The third-order valence-corrected chi connectivity index (χ3v) is 6.33. The van der Waals surface area contributed by atoms with Gasteiger partial charge in [0.15, 0.2) is 0 Å². The molecule has 1 saturated heterocycles. The summed E-state index contributed by atoms with van der Waals surface area (Å²) in [6.45, 7) is 4.44. The second-order valence-corrected chi connectivity index (χ2v) is 8.57. The van der Waals surface area contributed by atoms with Gasteiger partial charge in [0.2, 0.25) is 11.0 Å². The smallest absolute Gasteiger partial charge is 0.253 e. The van der Waals surface area contributed by atoms with Gasteiger partial charge >= 0.3 is 0 Å². The lowest BCUT2D eigenvalue weighted by atomic mass is 10.1. The number of rotatable bonds is 6. The highest BCUT2D eigenvalue weighted by Gasteiger charge is 2.34. The molecule has 1 aliphatic rings. The first kappa shape index (κ1) is 20.9. The molecular weight excluding hydrogens is 408 g/mol. The van der Waals surface area contributed by atoms with Crippen LogP contribution in [0.15, 0.2) is 60.2 Å². The van der Waals surface area contributed by atoms with Crippen molar-refractivity contribution in [3.63, 3.8) is 0 Å². The molecule has 4 rings (SSSR count). The molecule has 1 unspecified atom stereocenters. The molecule has 1 aromatic heterocycles. The van der Waals surface area contributed by atoms with Gasteiger partial charge in [0.25, 0.3) is 5.91 Å². The van der Waals surface area contributed by atoms with Crippen molar-refractivity contribution >= 4 is 40.0 Å². The van der Waals surface area contributed by atoms with Crippen LogP contribution < -0.4 is 10.2 Å². The number of nitrogens with one attached hydrogen (secondary N) is 1. The maximum absolute atomic E-state index is 12.6. The average Bonchev–Trinajstić information content (AvgIpc) is 3.41. The zero-order chi connectivity index (χ0) is 21.8. The van der Waals surface area contributed by atoms with Gasteiger partial charge in [-0.15, -0.1) is 10.2 Å². The van der Waals surface area contributed by atoms with Crippen LogP contribution in [0.1, 0.15) is 42.3 Å². The van der Waals surface area contributed by atoms with E-state index in [1.165, 1.54) is 16.9 Å². The largest absolute Gasteiger partial charge is 0.312 e. The minimum absolute atomic E-state index is 0.0255. The summed E-state index contributed by atoms with van der Waals surface area (Å²) < 4.78 is 0. The Kier molecular flexibility index (Phi) is 6.23. The molecule has 0 saturated carbocycles. The Morgan fingerprint density at radius 1 is 1.16 bits per heavy atom. The summed E-state index contributed by atoms with van der Waals surface area (Å²) in [4.78, 5) is 26.9. The second-order valence-electron chi connectivity index (χ2n) is 7.56. The van der Waals surface area contributed by atoms with E-state index in [9.17, 15) is 9.59 Å². The molecule has 31 heavy (non-hydrogen) atoms. The van der Waals surface area contributed by atoms with Crippen LogP contribution in [0.2, 0.25) is 0 Å². The van der Waals surface area contributed by atoms with Gasteiger partial charge in [-0.05, 0) is 42.7 Å².